The van der Waals surface area contributed by atoms with Crippen LogP contribution in [-0.4, -0.2) is 44.3 Å². The van der Waals surface area contributed by atoms with Gasteiger partial charge in [0.2, 0.25) is 15.9 Å². The van der Waals surface area contributed by atoms with Crippen LogP contribution in [0.4, 0.5) is 0 Å². The normalized spacial score (nSPS) is 11.6. The number of sulfonamides is 1. The highest BCUT2D eigenvalue weighted by atomic mass is 35.5. The van der Waals surface area contributed by atoms with E-state index in [1.54, 1.807) is 0 Å². The number of carbonyl (C=O) groups is 1. The fourth-order valence-electron chi connectivity index (χ4n) is 1.09. The number of nitrogens with one attached hydrogen (secondary N) is 1. The first-order valence-corrected chi connectivity index (χ1v) is 6.96. The molecule has 1 aromatic heterocycles. The van der Waals surface area contributed by atoms with Crippen molar-refractivity contribution in [3.8, 4) is 0 Å². The predicted molar refractivity (Wildman–Crippen MR) is 68.1 cm³/mol. The van der Waals surface area contributed by atoms with Gasteiger partial charge in [-0.15, -0.1) is 0 Å². The number of pyridine rings is 1. The fraction of sp³-hybridized carbons (Fsp3) is 0.333. The van der Waals surface area contributed by atoms with Gasteiger partial charge in [0, 0.05) is 20.3 Å². The summed E-state index contributed by atoms with van der Waals surface area (Å²) < 4.78 is 25.0. The fourth-order valence-corrected chi connectivity index (χ4v) is 2.53. The van der Waals surface area contributed by atoms with Crippen LogP contribution >= 0.6 is 23.2 Å². The summed E-state index contributed by atoms with van der Waals surface area (Å²) >= 11 is 11.3. The van der Waals surface area contributed by atoms with Crippen LogP contribution in [-0.2, 0) is 14.8 Å². The topological polar surface area (TPSA) is 79.4 Å². The molecule has 0 aromatic carbocycles. The molecule has 0 unspecified atom stereocenters. The molecule has 0 aliphatic heterocycles. The molecule has 0 atom stereocenters. The maximum atomic E-state index is 12.1. The molecule has 0 bridgehead atoms. The molecule has 1 N–H and O–H groups in total. The smallest absolute Gasteiger partial charge is 0.244 e. The van der Waals surface area contributed by atoms with Crippen molar-refractivity contribution in [1.29, 1.82) is 0 Å². The van der Waals surface area contributed by atoms with Gasteiger partial charge in [-0.25, -0.2) is 13.4 Å². The molecule has 100 valence electrons. The van der Waals surface area contributed by atoms with Gasteiger partial charge in [-0.3, -0.25) is 4.79 Å². The van der Waals surface area contributed by atoms with Gasteiger partial charge in [-0.2, -0.15) is 4.31 Å². The first kappa shape index (κ1) is 15.2. The molecule has 0 aliphatic rings. The summed E-state index contributed by atoms with van der Waals surface area (Å²) in [6.07, 6.45) is 1.09. The van der Waals surface area contributed by atoms with Crippen molar-refractivity contribution < 1.29 is 13.2 Å². The van der Waals surface area contributed by atoms with E-state index >= 15 is 0 Å². The minimum absolute atomic E-state index is 0.0181. The number of amides is 1. The summed E-state index contributed by atoms with van der Waals surface area (Å²) in [7, 11) is -1.11. The van der Waals surface area contributed by atoms with Crippen LogP contribution in [0.1, 0.15) is 0 Å². The van der Waals surface area contributed by atoms with Crippen molar-refractivity contribution in [3.05, 3.63) is 22.4 Å². The lowest BCUT2D eigenvalue weighted by Gasteiger charge is -2.16. The van der Waals surface area contributed by atoms with E-state index in [0.717, 1.165) is 10.5 Å². The monoisotopic (exact) mass is 311 g/mol. The Morgan fingerprint density at radius 1 is 1.50 bits per heavy atom. The van der Waals surface area contributed by atoms with E-state index in [9.17, 15) is 13.2 Å². The predicted octanol–water partition coefficient (Wildman–Crippen LogP) is 0.755. The summed E-state index contributed by atoms with van der Waals surface area (Å²) in [4.78, 5) is 14.7. The van der Waals surface area contributed by atoms with Crippen LogP contribution in [0.3, 0.4) is 0 Å². The Kier molecular flexibility index (Phi) is 4.92. The molecule has 18 heavy (non-hydrogen) atoms. The lowest BCUT2D eigenvalue weighted by atomic mass is 10.5. The van der Waals surface area contributed by atoms with Crippen LogP contribution in [0, 0.1) is 0 Å². The molecule has 0 saturated heterocycles. The molecular weight excluding hydrogens is 301 g/mol. The number of rotatable bonds is 4. The number of carbonyl (C=O) groups excluding carboxylic acids is 1. The zero-order valence-corrected chi connectivity index (χ0v) is 12.0. The van der Waals surface area contributed by atoms with Crippen molar-refractivity contribution in [1.82, 2.24) is 14.6 Å². The summed E-state index contributed by atoms with van der Waals surface area (Å²) in [5.74, 6) is -0.422. The minimum atomic E-state index is -3.82. The molecule has 1 rings (SSSR count). The molecule has 0 saturated carbocycles. The third-order valence-electron chi connectivity index (χ3n) is 2.12. The van der Waals surface area contributed by atoms with Crippen molar-refractivity contribution in [2.45, 2.75) is 4.90 Å². The SMILES string of the molecule is CNC(=O)CN(C)S(=O)(=O)c1cnc(Cl)c(Cl)c1. The summed E-state index contributed by atoms with van der Waals surface area (Å²) in [5.41, 5.74) is 0. The minimum Gasteiger partial charge on any atom is -0.358 e. The summed E-state index contributed by atoms with van der Waals surface area (Å²) in [6, 6.07) is 1.19. The molecule has 6 nitrogen and oxygen atoms in total. The molecule has 1 aromatic rings. The molecule has 0 aliphatic carbocycles. The quantitative estimate of drug-likeness (QED) is 0.832. The number of hydrogen-bond donors (Lipinski definition) is 1. The standard InChI is InChI=1S/C9H11Cl2N3O3S/c1-12-8(15)5-14(2)18(16,17)6-3-7(10)9(11)13-4-6/h3-4H,5H2,1-2H3,(H,12,15). The van der Waals surface area contributed by atoms with E-state index in [2.05, 4.69) is 10.3 Å². The van der Waals surface area contributed by atoms with Crippen molar-refractivity contribution in [2.75, 3.05) is 20.6 Å². The maximum absolute atomic E-state index is 12.1. The Balaban J connectivity index is 3.05. The molecule has 1 amide bonds. The average molecular weight is 312 g/mol. The van der Waals surface area contributed by atoms with Crippen LogP contribution in [0.25, 0.3) is 0 Å². The van der Waals surface area contributed by atoms with E-state index in [0.29, 0.717) is 0 Å². The van der Waals surface area contributed by atoms with E-state index in [1.807, 2.05) is 0 Å². The number of halogens is 2. The Morgan fingerprint density at radius 2 is 2.11 bits per heavy atom. The van der Waals surface area contributed by atoms with Gasteiger partial charge < -0.3 is 5.32 Å². The van der Waals surface area contributed by atoms with Gasteiger partial charge in [0.25, 0.3) is 0 Å². The summed E-state index contributed by atoms with van der Waals surface area (Å²) in [5, 5.41) is 2.38. The highest BCUT2D eigenvalue weighted by Gasteiger charge is 2.23. The summed E-state index contributed by atoms with van der Waals surface area (Å²) in [6.45, 7) is -0.293. The maximum Gasteiger partial charge on any atom is 0.244 e. The number of hydrogen-bond acceptors (Lipinski definition) is 4. The van der Waals surface area contributed by atoms with Crippen LogP contribution in [0.5, 0.6) is 0 Å². The Labute approximate surface area is 115 Å². The van der Waals surface area contributed by atoms with Gasteiger partial charge in [0.1, 0.15) is 10.0 Å². The van der Waals surface area contributed by atoms with E-state index in [4.69, 9.17) is 23.2 Å². The second-order valence-electron chi connectivity index (χ2n) is 3.38. The molecule has 0 fully saturated rings. The van der Waals surface area contributed by atoms with Crippen molar-refractivity contribution in [2.24, 2.45) is 0 Å². The first-order valence-electron chi connectivity index (χ1n) is 4.77. The van der Waals surface area contributed by atoms with Gasteiger partial charge in [-0.05, 0) is 6.07 Å². The van der Waals surface area contributed by atoms with Crippen molar-refractivity contribution in [3.63, 3.8) is 0 Å². The number of likely N-dealkylation sites (N-methyl/N-ethyl adjacent to an activating group) is 2. The molecular formula is C9H11Cl2N3O3S. The zero-order valence-electron chi connectivity index (χ0n) is 9.65. The molecule has 1 heterocycles. The van der Waals surface area contributed by atoms with Gasteiger partial charge >= 0.3 is 0 Å². The van der Waals surface area contributed by atoms with Gasteiger partial charge in [0.05, 0.1) is 11.6 Å². The number of aromatic nitrogens is 1. The van der Waals surface area contributed by atoms with Crippen LogP contribution < -0.4 is 5.32 Å². The molecule has 0 spiro atoms. The van der Waals surface area contributed by atoms with Crippen LogP contribution in [0.15, 0.2) is 17.2 Å². The van der Waals surface area contributed by atoms with Crippen LogP contribution in [0.2, 0.25) is 10.2 Å². The highest BCUT2D eigenvalue weighted by molar-refractivity contribution is 7.89. The third-order valence-corrected chi connectivity index (χ3v) is 4.58. The average Bonchev–Trinajstić information content (AvgIpc) is 2.32. The highest BCUT2D eigenvalue weighted by Crippen LogP contribution is 2.23. The molecule has 9 heteroatoms. The Morgan fingerprint density at radius 3 is 2.61 bits per heavy atom. The molecule has 0 radical (unpaired) electrons. The van der Waals surface area contributed by atoms with E-state index < -0.39 is 15.9 Å². The lowest BCUT2D eigenvalue weighted by molar-refractivity contribution is -0.120. The van der Waals surface area contributed by atoms with Crippen molar-refractivity contribution >= 4 is 39.1 Å². The third kappa shape index (κ3) is 3.32. The van der Waals surface area contributed by atoms with Gasteiger partial charge in [-0.1, -0.05) is 23.2 Å². The van der Waals surface area contributed by atoms with E-state index in [1.165, 1.54) is 20.2 Å². The lowest BCUT2D eigenvalue weighted by Crippen LogP contribution is -2.36. The van der Waals surface area contributed by atoms with Gasteiger partial charge in [0.15, 0.2) is 0 Å². The van der Waals surface area contributed by atoms with E-state index in [-0.39, 0.29) is 21.6 Å². The largest absolute Gasteiger partial charge is 0.358 e. The Hall–Kier alpha value is -0.890. The number of nitrogens with zero attached hydrogens (tertiary/aromatic N) is 2. The first-order chi connectivity index (χ1) is 8.28. The second-order valence-corrected chi connectivity index (χ2v) is 6.19. The Bertz CT molecular complexity index is 562. The zero-order chi connectivity index (χ0) is 13.9. The second kappa shape index (κ2) is 5.83.